The highest BCUT2D eigenvalue weighted by Crippen LogP contribution is 2.36. The van der Waals surface area contributed by atoms with E-state index in [2.05, 4.69) is 0 Å². The average Bonchev–Trinajstić information content (AvgIpc) is 2.58. The third-order valence-electron chi connectivity index (χ3n) is 5.17. The van der Waals surface area contributed by atoms with Gasteiger partial charge in [0.05, 0.1) is 11.2 Å². The Balaban J connectivity index is 2.79. The van der Waals surface area contributed by atoms with Crippen LogP contribution in [-0.2, 0) is 11.2 Å². The third-order valence-corrected chi connectivity index (χ3v) is 5.17. The molecule has 0 aromatic heterocycles. The van der Waals surface area contributed by atoms with E-state index in [9.17, 15) is 15.0 Å². The lowest BCUT2D eigenvalue weighted by Crippen LogP contribution is -2.23. The maximum absolute atomic E-state index is 13.7. The molecule has 0 radical (unpaired) electrons. The predicted molar refractivity (Wildman–Crippen MR) is 115 cm³/mol. The molecule has 0 atom stereocenters. The highest BCUT2D eigenvalue weighted by Gasteiger charge is 2.29. The summed E-state index contributed by atoms with van der Waals surface area (Å²) in [6.07, 6.45) is 0. The van der Waals surface area contributed by atoms with Crippen LogP contribution in [0.25, 0.3) is 0 Å². The van der Waals surface area contributed by atoms with Gasteiger partial charge in [0.25, 0.3) is 0 Å². The molecular formula is C25H34O3. The Kier molecular flexibility index (Phi) is 6.22. The van der Waals surface area contributed by atoms with Gasteiger partial charge in [0, 0.05) is 11.1 Å². The average molecular weight is 383 g/mol. The number of hydrogen-bond acceptors (Lipinski definition) is 3. The zero-order chi connectivity index (χ0) is 21.4. The van der Waals surface area contributed by atoms with E-state index in [0.717, 1.165) is 22.3 Å². The molecule has 28 heavy (non-hydrogen) atoms. The van der Waals surface area contributed by atoms with Gasteiger partial charge in [-0.25, -0.2) is 0 Å². The quantitative estimate of drug-likeness (QED) is 0.638. The van der Waals surface area contributed by atoms with E-state index in [1.807, 2.05) is 64.1 Å². The first-order chi connectivity index (χ1) is 12.8. The number of carbonyl (C=O) groups excluding carboxylic acids is 1. The summed E-state index contributed by atoms with van der Waals surface area (Å²) in [7, 11) is 0. The number of carbonyl (C=O) groups is 1. The van der Waals surface area contributed by atoms with Crippen molar-refractivity contribution in [2.24, 2.45) is 0 Å². The Labute approximate surface area is 169 Å². The molecule has 0 amide bonds. The van der Waals surface area contributed by atoms with E-state index >= 15 is 0 Å². The van der Waals surface area contributed by atoms with Crippen molar-refractivity contribution < 1.29 is 15.0 Å². The zero-order valence-electron chi connectivity index (χ0n) is 18.4. The van der Waals surface area contributed by atoms with Gasteiger partial charge < -0.3 is 10.2 Å². The fourth-order valence-corrected chi connectivity index (χ4v) is 3.98. The number of hydrogen-bond donors (Lipinski definition) is 2. The van der Waals surface area contributed by atoms with E-state index in [-0.39, 0.29) is 17.6 Å². The molecule has 0 heterocycles. The molecule has 2 rings (SSSR count). The van der Waals surface area contributed by atoms with Gasteiger partial charge in [0.15, 0.2) is 5.78 Å². The summed E-state index contributed by atoms with van der Waals surface area (Å²) in [5, 5.41) is 21.3. The van der Waals surface area contributed by atoms with E-state index < -0.39 is 11.2 Å². The molecule has 2 aromatic carbocycles. The molecular weight excluding hydrogens is 348 g/mol. The molecule has 0 spiro atoms. The third kappa shape index (κ3) is 4.37. The van der Waals surface area contributed by atoms with Crippen LogP contribution in [0.3, 0.4) is 0 Å². The lowest BCUT2D eigenvalue weighted by molar-refractivity contribution is 0.0768. The number of ketones is 1. The highest BCUT2D eigenvalue weighted by atomic mass is 16.3. The first kappa shape index (κ1) is 22.3. The van der Waals surface area contributed by atoms with Crippen LogP contribution in [0.5, 0.6) is 0 Å². The summed E-state index contributed by atoms with van der Waals surface area (Å²) in [6, 6.07) is 11.1. The van der Waals surface area contributed by atoms with Crippen LogP contribution in [0.15, 0.2) is 36.4 Å². The van der Waals surface area contributed by atoms with Gasteiger partial charge >= 0.3 is 0 Å². The maximum Gasteiger partial charge on any atom is 0.193 e. The van der Waals surface area contributed by atoms with Crippen LogP contribution in [0.4, 0.5) is 0 Å². The van der Waals surface area contributed by atoms with Crippen LogP contribution in [0.1, 0.15) is 105 Å². The van der Waals surface area contributed by atoms with E-state index in [1.165, 1.54) is 0 Å². The largest absolute Gasteiger partial charge is 0.386 e. The maximum atomic E-state index is 13.7. The smallest absolute Gasteiger partial charge is 0.193 e. The topological polar surface area (TPSA) is 57.5 Å². The zero-order valence-corrected chi connectivity index (χ0v) is 18.4. The number of rotatable bonds is 6. The van der Waals surface area contributed by atoms with Crippen molar-refractivity contribution in [2.45, 2.75) is 78.4 Å². The van der Waals surface area contributed by atoms with E-state index in [1.54, 1.807) is 27.7 Å². The fourth-order valence-electron chi connectivity index (χ4n) is 3.98. The molecule has 0 unspecified atom stereocenters. The highest BCUT2D eigenvalue weighted by molar-refractivity contribution is 6.11. The summed E-state index contributed by atoms with van der Waals surface area (Å²) < 4.78 is 0. The van der Waals surface area contributed by atoms with Crippen LogP contribution in [0, 0.1) is 0 Å². The SMILES string of the molecule is CC(C)c1c(C(=O)c2cccc(C(C)(C)O)c2C(C)C)cccc1C(C)(C)O. The minimum atomic E-state index is -1.04. The van der Waals surface area contributed by atoms with Gasteiger partial charge in [-0.2, -0.15) is 0 Å². The van der Waals surface area contributed by atoms with E-state index in [0.29, 0.717) is 11.1 Å². The van der Waals surface area contributed by atoms with Gasteiger partial charge in [-0.3, -0.25) is 4.79 Å². The summed E-state index contributed by atoms with van der Waals surface area (Å²) in [5.41, 5.74) is 2.47. The fraction of sp³-hybridized carbons (Fsp3) is 0.480. The van der Waals surface area contributed by atoms with Crippen LogP contribution in [0.2, 0.25) is 0 Å². The summed E-state index contributed by atoms with van der Waals surface area (Å²) >= 11 is 0. The van der Waals surface area contributed by atoms with Crippen LogP contribution >= 0.6 is 0 Å². The normalized spacial score (nSPS) is 12.7. The summed E-state index contributed by atoms with van der Waals surface area (Å²) in [4.78, 5) is 13.7. The Morgan fingerprint density at radius 1 is 0.714 bits per heavy atom. The number of benzene rings is 2. The second-order valence-corrected chi connectivity index (χ2v) is 9.29. The van der Waals surface area contributed by atoms with Gasteiger partial charge in [-0.15, -0.1) is 0 Å². The lowest BCUT2D eigenvalue weighted by atomic mass is 9.79. The van der Waals surface area contributed by atoms with Crippen molar-refractivity contribution in [3.8, 4) is 0 Å². The molecule has 0 saturated heterocycles. The van der Waals surface area contributed by atoms with Crippen molar-refractivity contribution >= 4 is 5.78 Å². The molecule has 0 aliphatic carbocycles. The second-order valence-electron chi connectivity index (χ2n) is 9.29. The lowest BCUT2D eigenvalue weighted by Gasteiger charge is -2.28. The Morgan fingerprint density at radius 3 is 1.29 bits per heavy atom. The first-order valence-corrected chi connectivity index (χ1v) is 10.0. The summed E-state index contributed by atoms with van der Waals surface area (Å²) in [6.45, 7) is 15.1. The van der Waals surface area contributed by atoms with Gasteiger partial charge in [0.1, 0.15) is 0 Å². The molecule has 3 heteroatoms. The molecule has 0 fully saturated rings. The molecule has 0 saturated carbocycles. The van der Waals surface area contributed by atoms with Crippen molar-refractivity contribution in [1.82, 2.24) is 0 Å². The Morgan fingerprint density at radius 2 is 1.04 bits per heavy atom. The summed E-state index contributed by atoms with van der Waals surface area (Å²) in [5.74, 6) is 0.104. The van der Waals surface area contributed by atoms with Crippen molar-refractivity contribution in [3.63, 3.8) is 0 Å². The van der Waals surface area contributed by atoms with E-state index in [4.69, 9.17) is 0 Å². The molecule has 0 aliphatic heterocycles. The Bertz CT molecular complexity index is 791. The first-order valence-electron chi connectivity index (χ1n) is 10.0. The van der Waals surface area contributed by atoms with Crippen LogP contribution < -0.4 is 0 Å². The molecule has 0 aliphatic rings. The molecule has 3 nitrogen and oxygen atoms in total. The molecule has 2 aromatic rings. The molecule has 152 valence electrons. The minimum absolute atomic E-state index is 0.0652. The Hall–Kier alpha value is -1.97. The minimum Gasteiger partial charge on any atom is -0.386 e. The monoisotopic (exact) mass is 382 g/mol. The van der Waals surface area contributed by atoms with Crippen LogP contribution in [-0.4, -0.2) is 16.0 Å². The van der Waals surface area contributed by atoms with Gasteiger partial charge in [-0.1, -0.05) is 64.1 Å². The molecule has 2 N–H and O–H groups in total. The van der Waals surface area contributed by atoms with Crippen molar-refractivity contribution in [1.29, 1.82) is 0 Å². The standard InChI is InChI=1S/C25H34O3/c1-15(2)21-17(11-9-13-19(21)24(5,6)27)23(26)18-12-10-14-20(25(7,8)28)22(18)16(3)4/h9-16,27-28H,1-8H3. The van der Waals surface area contributed by atoms with Gasteiger partial charge in [-0.05, 0) is 61.8 Å². The van der Waals surface area contributed by atoms with Gasteiger partial charge in [0.2, 0.25) is 0 Å². The second kappa shape index (κ2) is 7.81. The number of aliphatic hydroxyl groups is 2. The molecule has 0 bridgehead atoms. The van der Waals surface area contributed by atoms with Crippen molar-refractivity contribution in [3.05, 3.63) is 69.8 Å². The van der Waals surface area contributed by atoms with Crippen molar-refractivity contribution in [2.75, 3.05) is 0 Å². The predicted octanol–water partition coefficient (Wildman–Crippen LogP) is 5.62.